The van der Waals surface area contributed by atoms with Crippen molar-refractivity contribution >= 4 is 84.1 Å². The van der Waals surface area contributed by atoms with Gasteiger partial charge in [0.15, 0.2) is 0 Å². The van der Waals surface area contributed by atoms with Crippen LogP contribution in [0.25, 0.3) is 0 Å². The molecule has 2 heterocycles. The molecule has 2 aromatic heterocycles. The number of aromatic nitrogens is 6. The number of hydrogen-bond donors (Lipinski definition) is 0. The Bertz CT molecular complexity index is 1180. The molecule has 1 radical (unpaired) electrons. The van der Waals surface area contributed by atoms with Crippen molar-refractivity contribution in [1.29, 1.82) is 0 Å². The van der Waals surface area contributed by atoms with Crippen molar-refractivity contribution in [2.24, 2.45) is 10.2 Å². The standard InChI is InChI=1S/2C9H6Cl2N4S.Cu/c2*10-7-2-1-6(8(11)3-7)4-13-15-5-12-14-9(15)16;/h2*1-5H,(H,14,16);/q;;+2/p-2/b2*13-4+;. The zero-order valence-corrected chi connectivity index (χ0v) is 21.6. The van der Waals surface area contributed by atoms with Crippen LogP contribution in [0.3, 0.4) is 0 Å². The van der Waals surface area contributed by atoms with Crippen molar-refractivity contribution < 1.29 is 17.1 Å². The minimum absolute atomic E-state index is 0. The van der Waals surface area contributed by atoms with E-state index in [9.17, 15) is 0 Å². The fourth-order valence-corrected chi connectivity index (χ4v) is 3.26. The second-order valence-electron chi connectivity index (χ2n) is 5.74. The van der Waals surface area contributed by atoms with Gasteiger partial charge in [-0.05, 0) is 24.3 Å². The Labute approximate surface area is 230 Å². The average Bonchev–Trinajstić information content (AvgIpc) is 3.35. The van der Waals surface area contributed by atoms with Crippen LogP contribution >= 0.6 is 46.4 Å². The molecule has 0 N–H and O–H groups in total. The minimum atomic E-state index is 0. The second kappa shape index (κ2) is 13.2. The molecule has 0 atom stereocenters. The topological polar surface area (TPSA) is 86.1 Å². The maximum absolute atomic E-state index is 5.97. The van der Waals surface area contributed by atoms with Crippen LogP contribution in [0, 0.1) is 0 Å². The third kappa shape index (κ3) is 8.16. The smallest absolute Gasteiger partial charge is 0.738 e. The number of nitrogens with zero attached hydrogens (tertiary/aromatic N) is 8. The number of rotatable bonds is 4. The van der Waals surface area contributed by atoms with Crippen molar-refractivity contribution in [3.05, 3.63) is 80.3 Å². The number of benzene rings is 2. The first-order valence-electron chi connectivity index (χ1n) is 8.46. The summed E-state index contributed by atoms with van der Waals surface area (Å²) in [6.45, 7) is 0. The minimum Gasteiger partial charge on any atom is -0.738 e. The molecule has 4 rings (SSSR count). The quantitative estimate of drug-likeness (QED) is 0.189. The fourth-order valence-electron chi connectivity index (χ4n) is 2.06. The molecule has 0 spiro atoms. The van der Waals surface area contributed by atoms with Crippen molar-refractivity contribution in [3.63, 3.8) is 0 Å². The largest absolute Gasteiger partial charge is 2.00 e. The average molecular weight is 608 g/mol. The summed E-state index contributed by atoms with van der Waals surface area (Å²) in [5.41, 5.74) is 1.49. The van der Waals surface area contributed by atoms with E-state index in [4.69, 9.17) is 71.7 Å². The second-order valence-corrected chi connectivity index (χ2v) is 8.15. The summed E-state index contributed by atoms with van der Waals surface area (Å²) in [4.78, 5) is 0. The van der Waals surface area contributed by atoms with Gasteiger partial charge in [0.25, 0.3) is 0 Å². The van der Waals surface area contributed by atoms with Crippen LogP contribution in [-0.4, -0.2) is 42.2 Å². The summed E-state index contributed by atoms with van der Waals surface area (Å²) >= 11 is 33.2. The number of halogens is 4. The molecule has 173 valence electrons. The van der Waals surface area contributed by atoms with Gasteiger partial charge in [-0.1, -0.05) is 58.5 Å². The molecule has 33 heavy (non-hydrogen) atoms. The molecule has 0 saturated carbocycles. The van der Waals surface area contributed by atoms with Gasteiger partial charge in [0, 0.05) is 31.5 Å². The van der Waals surface area contributed by atoms with Gasteiger partial charge in [0.2, 0.25) is 0 Å². The van der Waals surface area contributed by atoms with E-state index < -0.39 is 0 Å². The molecule has 0 bridgehead atoms. The molecule has 4 aromatic rings. The van der Waals surface area contributed by atoms with Crippen LogP contribution in [-0.2, 0) is 42.3 Å². The van der Waals surface area contributed by atoms with E-state index >= 15 is 0 Å². The normalized spacial score (nSPS) is 10.8. The zero-order valence-electron chi connectivity index (χ0n) is 16.0. The number of hydrogen-bond acceptors (Lipinski definition) is 8. The molecular formula is C18H10Cl4CuN8S2. The van der Waals surface area contributed by atoms with E-state index in [0.29, 0.717) is 30.4 Å². The third-order valence-electron chi connectivity index (χ3n) is 3.57. The first-order chi connectivity index (χ1) is 15.3. The van der Waals surface area contributed by atoms with Gasteiger partial charge in [0.1, 0.15) is 12.7 Å². The van der Waals surface area contributed by atoms with Crippen molar-refractivity contribution in [2.45, 2.75) is 10.3 Å². The van der Waals surface area contributed by atoms with Gasteiger partial charge >= 0.3 is 17.1 Å². The Morgan fingerprint density at radius 1 is 0.697 bits per heavy atom. The van der Waals surface area contributed by atoms with Crippen LogP contribution < -0.4 is 0 Å². The third-order valence-corrected chi connectivity index (χ3v) is 5.23. The van der Waals surface area contributed by atoms with Crippen LogP contribution in [0.5, 0.6) is 0 Å². The molecule has 0 fully saturated rings. The monoisotopic (exact) mass is 605 g/mol. The van der Waals surface area contributed by atoms with E-state index in [0.717, 1.165) is 11.1 Å². The van der Waals surface area contributed by atoms with Crippen LogP contribution in [0.4, 0.5) is 0 Å². The van der Waals surface area contributed by atoms with Gasteiger partial charge in [-0.2, -0.15) is 20.4 Å². The maximum atomic E-state index is 5.97. The van der Waals surface area contributed by atoms with E-state index in [1.54, 1.807) is 48.8 Å². The van der Waals surface area contributed by atoms with Crippen molar-refractivity contribution in [1.82, 2.24) is 29.7 Å². The molecule has 2 aromatic carbocycles. The molecular weight excluding hydrogens is 598 g/mol. The first kappa shape index (κ1) is 27.4. The van der Waals surface area contributed by atoms with E-state index in [1.807, 2.05) is 0 Å². The fraction of sp³-hybridized carbons (Fsp3) is 0. The predicted molar refractivity (Wildman–Crippen MR) is 130 cm³/mol. The Kier molecular flexibility index (Phi) is 10.9. The zero-order chi connectivity index (χ0) is 23.1. The summed E-state index contributed by atoms with van der Waals surface area (Å²) < 4.78 is 2.75. The van der Waals surface area contributed by atoms with Gasteiger partial charge < -0.3 is 25.3 Å². The van der Waals surface area contributed by atoms with Gasteiger partial charge in [-0.3, -0.25) is 0 Å². The van der Waals surface area contributed by atoms with E-state index in [2.05, 4.69) is 30.6 Å². The molecule has 0 amide bonds. The van der Waals surface area contributed by atoms with Gasteiger partial charge in [0.05, 0.1) is 22.5 Å². The maximum Gasteiger partial charge on any atom is 2.00 e. The first-order valence-corrected chi connectivity index (χ1v) is 10.8. The Hall–Kier alpha value is -1.82. The molecule has 0 aliphatic carbocycles. The molecule has 0 aliphatic heterocycles. The summed E-state index contributed by atoms with van der Waals surface area (Å²) in [7, 11) is 0. The van der Waals surface area contributed by atoms with Crippen LogP contribution in [0.1, 0.15) is 11.1 Å². The van der Waals surface area contributed by atoms with Crippen molar-refractivity contribution in [3.8, 4) is 0 Å². The van der Waals surface area contributed by atoms with Crippen molar-refractivity contribution in [2.75, 3.05) is 0 Å². The molecule has 15 heteroatoms. The summed E-state index contributed by atoms with van der Waals surface area (Å²) in [5, 5.41) is 25.4. The van der Waals surface area contributed by atoms with Gasteiger partial charge in [-0.25, -0.2) is 9.35 Å². The van der Waals surface area contributed by atoms with E-state index in [-0.39, 0.29) is 17.1 Å². The Morgan fingerprint density at radius 3 is 1.39 bits per heavy atom. The van der Waals surface area contributed by atoms with Gasteiger partial charge in [-0.15, -0.1) is 10.2 Å². The Morgan fingerprint density at radius 2 is 1.09 bits per heavy atom. The van der Waals surface area contributed by atoms with E-state index in [1.165, 1.54) is 22.0 Å². The van der Waals surface area contributed by atoms with Crippen LogP contribution in [0.2, 0.25) is 20.1 Å². The van der Waals surface area contributed by atoms with Crippen LogP contribution in [0.15, 0.2) is 69.6 Å². The SMILES string of the molecule is [Cu+2].[S-]c1nncn1/N=C/c1ccc(Cl)cc1Cl.[S-]c1nncn1/N=C/c1ccc(Cl)cc1Cl. The molecule has 8 nitrogen and oxygen atoms in total. The Balaban J connectivity index is 0.000000227. The summed E-state index contributed by atoms with van der Waals surface area (Å²) in [6, 6.07) is 10.3. The molecule has 0 unspecified atom stereocenters. The predicted octanol–water partition coefficient (Wildman–Crippen LogP) is 4.74. The summed E-state index contributed by atoms with van der Waals surface area (Å²) in [5.74, 6) is 0. The summed E-state index contributed by atoms with van der Waals surface area (Å²) in [6.07, 6.45) is 5.97. The molecule has 0 saturated heterocycles. The molecule has 0 aliphatic rings.